The number of hydrogen-bond donors (Lipinski definition) is 2. The molecule has 0 spiro atoms. The Bertz CT molecular complexity index is 670. The number of anilines is 1. The molecular weight excluding hydrogens is 303 g/mol. The van der Waals surface area contributed by atoms with E-state index in [1.807, 2.05) is 24.3 Å². The van der Waals surface area contributed by atoms with Crippen molar-refractivity contribution in [2.45, 2.75) is 12.6 Å². The predicted octanol–water partition coefficient (Wildman–Crippen LogP) is 3.62. The first-order valence-electron chi connectivity index (χ1n) is 6.41. The summed E-state index contributed by atoms with van der Waals surface area (Å²) in [5, 5.41) is 5.85. The zero-order valence-corrected chi connectivity index (χ0v) is 11.6. The zero-order chi connectivity index (χ0) is 15.0. The minimum absolute atomic E-state index is 0.0259. The van der Waals surface area contributed by atoms with E-state index in [1.165, 1.54) is 11.5 Å². The fourth-order valence-corrected chi connectivity index (χ4v) is 2.96. The van der Waals surface area contributed by atoms with E-state index >= 15 is 0 Å². The molecule has 1 aromatic heterocycles. The van der Waals surface area contributed by atoms with Crippen LogP contribution in [-0.4, -0.2) is 23.1 Å². The average molecular weight is 315 g/mol. The summed E-state index contributed by atoms with van der Waals surface area (Å²) >= 11 is 1.26. The van der Waals surface area contributed by atoms with Crippen LogP contribution in [0.1, 0.15) is 6.42 Å². The van der Waals surface area contributed by atoms with E-state index in [0.717, 1.165) is 10.1 Å². The quantitative estimate of drug-likeness (QED) is 0.909. The molecule has 1 aliphatic carbocycles. The maximum atomic E-state index is 12.4. The average Bonchev–Trinajstić information content (AvgIpc) is 3.13. The Balaban J connectivity index is 1.53. The van der Waals surface area contributed by atoms with Crippen LogP contribution in [-0.2, 0) is 0 Å². The van der Waals surface area contributed by atoms with Gasteiger partial charge in [-0.1, -0.05) is 12.1 Å². The first-order chi connectivity index (χ1) is 9.95. The van der Waals surface area contributed by atoms with Crippen molar-refractivity contribution in [2.75, 3.05) is 11.9 Å². The third-order valence-corrected chi connectivity index (χ3v) is 4.30. The number of hydrogen-bond acceptors (Lipinski definition) is 3. The van der Waals surface area contributed by atoms with Crippen molar-refractivity contribution in [1.82, 2.24) is 9.69 Å². The van der Waals surface area contributed by atoms with Gasteiger partial charge >= 0.3 is 12.2 Å². The van der Waals surface area contributed by atoms with Gasteiger partial charge < -0.3 is 5.32 Å². The summed E-state index contributed by atoms with van der Waals surface area (Å²) in [4.78, 5) is 11.7. The van der Waals surface area contributed by atoms with Gasteiger partial charge in [-0.2, -0.15) is 17.5 Å². The number of alkyl halides is 3. The number of urea groups is 1. The zero-order valence-electron chi connectivity index (χ0n) is 10.8. The van der Waals surface area contributed by atoms with Gasteiger partial charge in [0.05, 0.1) is 10.6 Å². The summed E-state index contributed by atoms with van der Waals surface area (Å²) in [7, 11) is 0. The predicted molar refractivity (Wildman–Crippen MR) is 74.3 cm³/mol. The van der Waals surface area contributed by atoms with Crippen molar-refractivity contribution in [2.24, 2.45) is 11.8 Å². The van der Waals surface area contributed by atoms with Gasteiger partial charge in [-0.25, -0.2) is 4.79 Å². The van der Waals surface area contributed by atoms with E-state index in [9.17, 15) is 18.0 Å². The highest BCUT2D eigenvalue weighted by atomic mass is 32.1. The van der Waals surface area contributed by atoms with E-state index < -0.39 is 24.0 Å². The Morgan fingerprint density at radius 2 is 2.14 bits per heavy atom. The molecule has 112 valence electrons. The van der Waals surface area contributed by atoms with Crippen LogP contribution in [0.5, 0.6) is 0 Å². The van der Waals surface area contributed by atoms with Crippen LogP contribution >= 0.6 is 11.5 Å². The number of halogens is 3. The molecule has 1 heterocycles. The summed E-state index contributed by atoms with van der Waals surface area (Å²) in [5.74, 6) is -1.36. The van der Waals surface area contributed by atoms with Crippen molar-refractivity contribution < 1.29 is 18.0 Å². The third-order valence-electron chi connectivity index (χ3n) is 3.48. The summed E-state index contributed by atoms with van der Waals surface area (Å²) in [6, 6.07) is 6.88. The topological polar surface area (TPSA) is 54.0 Å². The number of amides is 2. The smallest absolute Gasteiger partial charge is 0.338 e. The monoisotopic (exact) mass is 315 g/mol. The molecule has 1 saturated carbocycles. The SMILES string of the molecule is O=C(NC[C@@H]1C[C@H]1C(F)(F)F)Nc1nsc2ccccc12. The largest absolute Gasteiger partial charge is 0.392 e. The number of carbonyl (C=O) groups is 1. The molecule has 0 radical (unpaired) electrons. The molecule has 0 bridgehead atoms. The summed E-state index contributed by atoms with van der Waals surface area (Å²) < 4.78 is 42.1. The fourth-order valence-electron chi connectivity index (χ4n) is 2.23. The molecule has 2 atom stereocenters. The lowest BCUT2D eigenvalue weighted by Crippen LogP contribution is -2.31. The summed E-state index contributed by atoms with van der Waals surface area (Å²) in [6.07, 6.45) is -4.07. The van der Waals surface area contributed by atoms with E-state index in [4.69, 9.17) is 0 Å². The lowest BCUT2D eigenvalue weighted by Gasteiger charge is -2.07. The fraction of sp³-hybridized carbons (Fsp3) is 0.385. The second-order valence-corrected chi connectivity index (χ2v) is 5.81. The molecule has 3 rings (SSSR count). The Morgan fingerprint density at radius 3 is 2.86 bits per heavy atom. The molecule has 1 fully saturated rings. The lowest BCUT2D eigenvalue weighted by atomic mass is 10.2. The molecule has 0 aliphatic heterocycles. The molecule has 1 aromatic carbocycles. The van der Waals surface area contributed by atoms with Crippen molar-refractivity contribution in [3.8, 4) is 0 Å². The second kappa shape index (κ2) is 5.18. The Kier molecular flexibility index (Phi) is 3.48. The number of benzene rings is 1. The highest BCUT2D eigenvalue weighted by Crippen LogP contribution is 2.49. The minimum Gasteiger partial charge on any atom is -0.338 e. The molecular formula is C13H12F3N3OS. The van der Waals surface area contributed by atoms with Gasteiger partial charge in [-0.15, -0.1) is 0 Å². The van der Waals surface area contributed by atoms with Crippen LogP contribution in [0.2, 0.25) is 0 Å². The van der Waals surface area contributed by atoms with Crippen LogP contribution in [0.15, 0.2) is 24.3 Å². The van der Waals surface area contributed by atoms with Crippen molar-refractivity contribution in [1.29, 1.82) is 0 Å². The number of nitrogens with zero attached hydrogens (tertiary/aromatic N) is 1. The molecule has 2 N–H and O–H groups in total. The van der Waals surface area contributed by atoms with Crippen LogP contribution in [0.25, 0.3) is 10.1 Å². The van der Waals surface area contributed by atoms with Gasteiger partial charge in [0.1, 0.15) is 0 Å². The number of fused-ring (bicyclic) bond motifs is 1. The Hall–Kier alpha value is -1.83. The second-order valence-electron chi connectivity index (χ2n) is 5.01. The van der Waals surface area contributed by atoms with E-state index in [1.54, 1.807) is 0 Å². The summed E-state index contributed by atoms with van der Waals surface area (Å²) in [6.45, 7) is 0.0259. The van der Waals surface area contributed by atoms with Crippen LogP contribution < -0.4 is 10.6 Å². The number of carbonyl (C=O) groups excluding carboxylic acids is 1. The molecule has 0 saturated heterocycles. The Morgan fingerprint density at radius 1 is 1.38 bits per heavy atom. The van der Waals surface area contributed by atoms with Crippen LogP contribution in [0, 0.1) is 11.8 Å². The lowest BCUT2D eigenvalue weighted by molar-refractivity contribution is -0.150. The molecule has 2 aromatic rings. The highest BCUT2D eigenvalue weighted by Gasteiger charge is 2.55. The highest BCUT2D eigenvalue weighted by molar-refractivity contribution is 7.13. The van der Waals surface area contributed by atoms with E-state index in [-0.39, 0.29) is 13.0 Å². The maximum absolute atomic E-state index is 12.4. The van der Waals surface area contributed by atoms with Gasteiger partial charge in [-0.3, -0.25) is 5.32 Å². The van der Waals surface area contributed by atoms with Gasteiger partial charge in [0.2, 0.25) is 0 Å². The number of rotatable bonds is 3. The van der Waals surface area contributed by atoms with E-state index in [0.29, 0.717) is 5.82 Å². The first-order valence-corrected chi connectivity index (χ1v) is 7.18. The van der Waals surface area contributed by atoms with Gasteiger partial charge in [0, 0.05) is 11.9 Å². The molecule has 0 unspecified atom stereocenters. The van der Waals surface area contributed by atoms with Gasteiger partial charge in [0.25, 0.3) is 0 Å². The molecule has 21 heavy (non-hydrogen) atoms. The van der Waals surface area contributed by atoms with Crippen molar-refractivity contribution >= 4 is 33.5 Å². The van der Waals surface area contributed by atoms with Crippen LogP contribution in [0.4, 0.5) is 23.8 Å². The van der Waals surface area contributed by atoms with Crippen LogP contribution in [0.3, 0.4) is 0 Å². The number of aromatic nitrogens is 1. The number of nitrogens with one attached hydrogen (secondary N) is 2. The first kappa shape index (κ1) is 14.1. The maximum Gasteiger partial charge on any atom is 0.392 e. The molecule has 2 amide bonds. The molecule has 1 aliphatic rings. The van der Waals surface area contributed by atoms with Crippen molar-refractivity contribution in [3.05, 3.63) is 24.3 Å². The third kappa shape index (κ3) is 3.10. The Labute approximate surface area is 122 Å². The van der Waals surface area contributed by atoms with E-state index in [2.05, 4.69) is 15.0 Å². The van der Waals surface area contributed by atoms with Gasteiger partial charge in [0.15, 0.2) is 5.82 Å². The summed E-state index contributed by atoms with van der Waals surface area (Å²) in [5.41, 5.74) is 0. The van der Waals surface area contributed by atoms with Crippen molar-refractivity contribution in [3.63, 3.8) is 0 Å². The normalized spacial score (nSPS) is 21.3. The minimum atomic E-state index is -4.16. The van der Waals surface area contributed by atoms with Gasteiger partial charge in [-0.05, 0) is 36.0 Å². The standard InChI is InChI=1S/C13H12F3N3OS/c14-13(15,16)9-5-7(9)6-17-12(20)18-11-8-3-1-2-4-10(8)21-19-11/h1-4,7,9H,5-6H2,(H2,17,18,19,20)/t7-,9+/m0/s1. The molecule has 4 nitrogen and oxygen atoms in total. The molecule has 8 heteroatoms.